The van der Waals surface area contributed by atoms with Gasteiger partial charge in [-0.1, -0.05) is 20.3 Å². The number of aromatic nitrogens is 1. The summed E-state index contributed by atoms with van der Waals surface area (Å²) in [5, 5.41) is 4.97. The Bertz CT molecular complexity index is 443. The third kappa shape index (κ3) is 2.86. The third-order valence-electron chi connectivity index (χ3n) is 4.72. The van der Waals surface area contributed by atoms with Crippen molar-refractivity contribution in [3.63, 3.8) is 0 Å². The van der Waals surface area contributed by atoms with Crippen LogP contribution in [-0.2, 0) is 6.42 Å². The smallest absolute Gasteiger partial charge is 0.185 e. The number of hydrogen-bond acceptors (Lipinski definition) is 4. The second-order valence-corrected chi connectivity index (χ2v) is 7.27. The van der Waals surface area contributed by atoms with E-state index in [1.807, 2.05) is 11.3 Å². The molecule has 0 saturated carbocycles. The molecule has 0 spiro atoms. The van der Waals surface area contributed by atoms with Crippen molar-refractivity contribution in [2.75, 3.05) is 24.5 Å². The Hall–Kier alpha value is -0.610. The molecule has 0 aromatic carbocycles. The van der Waals surface area contributed by atoms with E-state index >= 15 is 0 Å². The largest absolute Gasteiger partial charge is 0.348 e. The topological polar surface area (TPSA) is 28.2 Å². The molecule has 2 atom stereocenters. The fourth-order valence-electron chi connectivity index (χ4n) is 3.40. The van der Waals surface area contributed by atoms with E-state index in [1.54, 1.807) is 4.88 Å². The van der Waals surface area contributed by atoms with Crippen molar-refractivity contribution in [2.45, 2.75) is 58.4 Å². The molecule has 112 valence electrons. The van der Waals surface area contributed by atoms with Gasteiger partial charge in [0.15, 0.2) is 5.13 Å². The molecule has 3 nitrogen and oxygen atoms in total. The summed E-state index contributed by atoms with van der Waals surface area (Å²) in [6.07, 6.45) is 7.66. The lowest BCUT2D eigenvalue weighted by Crippen LogP contribution is -2.26. The summed E-state index contributed by atoms with van der Waals surface area (Å²) in [5.74, 6) is 0.880. The molecular formula is C16H27N3S. The van der Waals surface area contributed by atoms with Gasteiger partial charge in [-0.3, -0.25) is 0 Å². The maximum atomic E-state index is 5.02. The summed E-state index contributed by atoms with van der Waals surface area (Å²) in [7, 11) is 0. The second-order valence-electron chi connectivity index (χ2n) is 6.21. The third-order valence-corrected chi connectivity index (χ3v) is 5.91. The van der Waals surface area contributed by atoms with Crippen molar-refractivity contribution in [3.05, 3.63) is 10.6 Å². The Balaban J connectivity index is 1.74. The zero-order valence-corrected chi connectivity index (χ0v) is 13.6. The molecule has 2 heterocycles. The number of anilines is 1. The quantitative estimate of drug-likeness (QED) is 0.896. The van der Waals surface area contributed by atoms with Gasteiger partial charge in [-0.2, -0.15) is 0 Å². The van der Waals surface area contributed by atoms with E-state index in [-0.39, 0.29) is 0 Å². The van der Waals surface area contributed by atoms with Crippen LogP contribution in [0, 0.1) is 5.92 Å². The van der Waals surface area contributed by atoms with Gasteiger partial charge in [-0.25, -0.2) is 4.98 Å². The molecule has 1 aliphatic carbocycles. The monoisotopic (exact) mass is 293 g/mol. The minimum Gasteiger partial charge on any atom is -0.348 e. The van der Waals surface area contributed by atoms with Crippen molar-refractivity contribution >= 4 is 16.5 Å². The van der Waals surface area contributed by atoms with Gasteiger partial charge in [0.1, 0.15) is 0 Å². The van der Waals surface area contributed by atoms with Crippen LogP contribution in [0.4, 0.5) is 5.13 Å². The molecule has 1 aromatic rings. The van der Waals surface area contributed by atoms with Crippen molar-refractivity contribution < 1.29 is 0 Å². The highest BCUT2D eigenvalue weighted by molar-refractivity contribution is 7.15. The SMILES string of the molecule is CCCNC1CCCc2sc(N3CCC(CC)C3)nc21. The van der Waals surface area contributed by atoms with Gasteiger partial charge in [0.2, 0.25) is 0 Å². The van der Waals surface area contributed by atoms with Crippen LogP contribution in [0.3, 0.4) is 0 Å². The molecule has 1 saturated heterocycles. The zero-order valence-electron chi connectivity index (χ0n) is 12.8. The standard InChI is InChI=1S/C16H27N3S/c1-3-9-17-13-6-5-7-14-15(13)18-16(20-14)19-10-8-12(4-2)11-19/h12-13,17H,3-11H2,1-2H3. The zero-order chi connectivity index (χ0) is 13.9. The Kier molecular flexibility index (Phi) is 4.61. The summed E-state index contributed by atoms with van der Waals surface area (Å²) < 4.78 is 0. The molecule has 20 heavy (non-hydrogen) atoms. The molecular weight excluding hydrogens is 266 g/mol. The van der Waals surface area contributed by atoms with Crippen LogP contribution in [0.5, 0.6) is 0 Å². The van der Waals surface area contributed by atoms with Crippen molar-refractivity contribution in [2.24, 2.45) is 5.92 Å². The molecule has 1 aliphatic heterocycles. The molecule has 1 fully saturated rings. The maximum Gasteiger partial charge on any atom is 0.185 e. The highest BCUT2D eigenvalue weighted by atomic mass is 32.1. The molecule has 0 amide bonds. The van der Waals surface area contributed by atoms with Crippen LogP contribution < -0.4 is 10.2 Å². The van der Waals surface area contributed by atoms with Crippen molar-refractivity contribution in [1.82, 2.24) is 10.3 Å². The molecule has 1 N–H and O–H groups in total. The minimum absolute atomic E-state index is 0.508. The van der Waals surface area contributed by atoms with E-state index in [1.165, 1.54) is 62.4 Å². The van der Waals surface area contributed by atoms with Gasteiger partial charge >= 0.3 is 0 Å². The molecule has 2 unspecified atom stereocenters. The fraction of sp³-hybridized carbons (Fsp3) is 0.812. The number of rotatable bonds is 5. The van der Waals surface area contributed by atoms with Crippen LogP contribution in [-0.4, -0.2) is 24.6 Å². The summed E-state index contributed by atoms with van der Waals surface area (Å²) >= 11 is 1.96. The van der Waals surface area contributed by atoms with Crippen LogP contribution in [0.25, 0.3) is 0 Å². The van der Waals surface area contributed by atoms with E-state index in [0.29, 0.717) is 6.04 Å². The first-order valence-electron chi connectivity index (χ1n) is 8.29. The summed E-state index contributed by atoms with van der Waals surface area (Å²) in [5.41, 5.74) is 1.37. The number of nitrogens with zero attached hydrogens (tertiary/aromatic N) is 2. The first-order valence-corrected chi connectivity index (χ1v) is 9.11. The second kappa shape index (κ2) is 6.44. The Morgan fingerprint density at radius 2 is 2.25 bits per heavy atom. The predicted molar refractivity (Wildman–Crippen MR) is 86.7 cm³/mol. The Morgan fingerprint density at radius 1 is 1.35 bits per heavy atom. The molecule has 0 bridgehead atoms. The number of nitrogens with one attached hydrogen (secondary N) is 1. The van der Waals surface area contributed by atoms with E-state index in [2.05, 4.69) is 24.1 Å². The lowest BCUT2D eigenvalue weighted by atomic mass is 9.97. The average molecular weight is 293 g/mol. The van der Waals surface area contributed by atoms with Gasteiger partial charge < -0.3 is 10.2 Å². The van der Waals surface area contributed by atoms with Gasteiger partial charge in [0.05, 0.1) is 11.7 Å². The highest BCUT2D eigenvalue weighted by Crippen LogP contribution is 2.38. The first-order chi connectivity index (χ1) is 9.81. The van der Waals surface area contributed by atoms with Crippen molar-refractivity contribution in [1.29, 1.82) is 0 Å². The predicted octanol–water partition coefficient (Wildman–Crippen LogP) is 3.76. The van der Waals surface area contributed by atoms with Gasteiger partial charge in [-0.05, 0) is 44.6 Å². The van der Waals surface area contributed by atoms with Gasteiger partial charge in [0, 0.05) is 18.0 Å². The first kappa shape index (κ1) is 14.3. The number of thiazole rings is 1. The molecule has 1 aromatic heterocycles. The average Bonchev–Trinajstić information content (AvgIpc) is 3.10. The highest BCUT2D eigenvalue weighted by Gasteiger charge is 2.28. The van der Waals surface area contributed by atoms with Crippen LogP contribution in [0.2, 0.25) is 0 Å². The summed E-state index contributed by atoms with van der Waals surface area (Å²) in [4.78, 5) is 9.08. The van der Waals surface area contributed by atoms with Crippen molar-refractivity contribution in [3.8, 4) is 0 Å². The van der Waals surface area contributed by atoms with E-state index in [0.717, 1.165) is 12.5 Å². The van der Waals surface area contributed by atoms with E-state index in [4.69, 9.17) is 4.98 Å². The minimum atomic E-state index is 0.508. The van der Waals surface area contributed by atoms with Crippen LogP contribution in [0.15, 0.2) is 0 Å². The lowest BCUT2D eigenvalue weighted by molar-refractivity contribution is 0.454. The van der Waals surface area contributed by atoms with Crippen LogP contribution in [0.1, 0.15) is 62.6 Å². The molecule has 4 heteroatoms. The van der Waals surface area contributed by atoms with E-state index < -0.39 is 0 Å². The van der Waals surface area contributed by atoms with Gasteiger partial charge in [-0.15, -0.1) is 11.3 Å². The van der Waals surface area contributed by atoms with E-state index in [9.17, 15) is 0 Å². The molecule has 0 radical (unpaired) electrons. The summed E-state index contributed by atoms with van der Waals surface area (Å²) in [6.45, 7) is 8.08. The number of aryl methyl sites for hydroxylation is 1. The Labute approximate surface area is 126 Å². The normalized spacial score (nSPS) is 26.0. The lowest BCUT2D eigenvalue weighted by Gasteiger charge is -2.22. The molecule has 2 aliphatic rings. The Morgan fingerprint density at radius 3 is 3.00 bits per heavy atom. The molecule has 3 rings (SSSR count). The fourth-order valence-corrected chi connectivity index (χ4v) is 4.60. The number of fused-ring (bicyclic) bond motifs is 1. The van der Waals surface area contributed by atoms with Gasteiger partial charge in [0.25, 0.3) is 0 Å². The summed E-state index contributed by atoms with van der Waals surface area (Å²) in [6, 6.07) is 0.508. The maximum absolute atomic E-state index is 5.02. The van der Waals surface area contributed by atoms with Crippen LogP contribution >= 0.6 is 11.3 Å². The number of hydrogen-bond donors (Lipinski definition) is 1.